The lowest BCUT2D eigenvalue weighted by Crippen LogP contribution is -2.15. The van der Waals surface area contributed by atoms with Crippen molar-refractivity contribution < 1.29 is 4.74 Å². The van der Waals surface area contributed by atoms with E-state index in [0.717, 1.165) is 91.8 Å². The van der Waals surface area contributed by atoms with Crippen molar-refractivity contribution in [2.45, 2.75) is 12.8 Å². The van der Waals surface area contributed by atoms with E-state index in [1.165, 1.54) is 27.1 Å². The molecule has 9 aromatic rings. The second kappa shape index (κ2) is 15.3. The Hall–Kier alpha value is -8.02. The van der Waals surface area contributed by atoms with Crippen molar-refractivity contribution in [3.63, 3.8) is 0 Å². The Morgan fingerprint density at radius 3 is 2.38 bits per heavy atom. The van der Waals surface area contributed by atoms with Gasteiger partial charge in [0.1, 0.15) is 6.33 Å². The monoisotopic (exact) mass is 784 g/mol. The van der Waals surface area contributed by atoms with Crippen LogP contribution in [0, 0.1) is 0 Å². The van der Waals surface area contributed by atoms with Crippen LogP contribution in [-0.2, 0) is 0 Å². The highest BCUT2D eigenvalue weighted by Gasteiger charge is 2.27. The third-order valence-electron chi connectivity index (χ3n) is 11.7. The fourth-order valence-corrected chi connectivity index (χ4v) is 8.90. The Morgan fingerprint density at radius 1 is 0.656 bits per heavy atom. The summed E-state index contributed by atoms with van der Waals surface area (Å²) in [5, 5.41) is 4.84. The van der Waals surface area contributed by atoms with Crippen molar-refractivity contribution in [3.8, 4) is 39.6 Å². The standard InChI is InChI=1S/C56H40N4O/c1-2-38(39-16-5-3-6-17-39)19-13-21-43-36-49(58-37-57-43)42-20-14-24-45(34-42)60-51-32-30-40-18-9-10-25-46(40)55(51)48-27-15-26-47(56(48)60)41-31-33-54-52(35-41)59(44-22-7-4-8-23-44)50-28-11-12-29-53(50)61-54/h2,4-5,7-37H,1,3,6H2/b21-13+,38-19+. The smallest absolute Gasteiger partial charge is 0.151 e. The molecule has 0 atom stereocenters. The Kier molecular flexibility index (Phi) is 9.05. The Morgan fingerprint density at radius 2 is 1.48 bits per heavy atom. The van der Waals surface area contributed by atoms with Gasteiger partial charge in [-0.2, -0.15) is 0 Å². The van der Waals surface area contributed by atoms with Crippen LogP contribution in [0.3, 0.4) is 0 Å². The lowest BCUT2D eigenvalue weighted by molar-refractivity contribution is 0.477. The first-order valence-electron chi connectivity index (χ1n) is 20.7. The van der Waals surface area contributed by atoms with E-state index in [4.69, 9.17) is 9.72 Å². The Balaban J connectivity index is 1.06. The molecule has 0 saturated heterocycles. The van der Waals surface area contributed by atoms with Crippen molar-refractivity contribution in [3.05, 3.63) is 224 Å². The predicted molar refractivity (Wildman–Crippen MR) is 253 cm³/mol. The van der Waals surface area contributed by atoms with Crippen LogP contribution in [0.15, 0.2) is 218 Å². The first-order valence-corrected chi connectivity index (χ1v) is 20.7. The van der Waals surface area contributed by atoms with Crippen LogP contribution in [0.1, 0.15) is 18.5 Å². The average Bonchev–Trinajstić information content (AvgIpc) is 3.68. The lowest BCUT2D eigenvalue weighted by Gasteiger charge is -2.33. The van der Waals surface area contributed by atoms with Gasteiger partial charge >= 0.3 is 0 Å². The predicted octanol–water partition coefficient (Wildman–Crippen LogP) is 15.0. The highest BCUT2D eigenvalue weighted by atomic mass is 16.5. The molecule has 0 bridgehead atoms. The molecule has 290 valence electrons. The summed E-state index contributed by atoms with van der Waals surface area (Å²) >= 11 is 0. The molecule has 7 aromatic carbocycles. The second-order valence-electron chi connectivity index (χ2n) is 15.3. The minimum atomic E-state index is 0.813. The zero-order valence-corrected chi connectivity index (χ0v) is 33.4. The molecule has 0 spiro atoms. The fourth-order valence-electron chi connectivity index (χ4n) is 8.90. The van der Waals surface area contributed by atoms with Crippen molar-refractivity contribution in [1.29, 1.82) is 0 Å². The van der Waals surface area contributed by atoms with Gasteiger partial charge in [0.2, 0.25) is 0 Å². The maximum atomic E-state index is 6.55. The molecule has 0 amide bonds. The van der Waals surface area contributed by atoms with Gasteiger partial charge < -0.3 is 14.2 Å². The number of fused-ring (bicyclic) bond motifs is 7. The summed E-state index contributed by atoms with van der Waals surface area (Å²) in [6, 6.07) is 55.9. The minimum Gasteiger partial charge on any atom is -0.453 e. The number of aromatic nitrogens is 3. The van der Waals surface area contributed by atoms with E-state index in [1.807, 2.05) is 36.4 Å². The van der Waals surface area contributed by atoms with Gasteiger partial charge in [-0.15, -0.1) is 0 Å². The largest absolute Gasteiger partial charge is 0.453 e. The molecular formula is C56H40N4O. The quantitative estimate of drug-likeness (QED) is 0.144. The number of nitrogens with zero attached hydrogens (tertiary/aromatic N) is 4. The number of allylic oxidation sites excluding steroid dienone is 8. The summed E-state index contributed by atoms with van der Waals surface area (Å²) in [7, 11) is 0. The first-order chi connectivity index (χ1) is 30.2. The van der Waals surface area contributed by atoms with E-state index in [2.05, 4.69) is 185 Å². The summed E-state index contributed by atoms with van der Waals surface area (Å²) in [4.78, 5) is 11.7. The van der Waals surface area contributed by atoms with Gasteiger partial charge in [-0.3, -0.25) is 0 Å². The summed E-state index contributed by atoms with van der Waals surface area (Å²) < 4.78 is 8.97. The Bertz CT molecular complexity index is 3310. The summed E-state index contributed by atoms with van der Waals surface area (Å²) in [5.74, 6) is 1.64. The van der Waals surface area contributed by atoms with Crippen LogP contribution in [0.25, 0.3) is 66.7 Å². The van der Waals surface area contributed by atoms with Crippen molar-refractivity contribution in [2.75, 3.05) is 4.90 Å². The molecule has 2 aromatic heterocycles. The van der Waals surface area contributed by atoms with Gasteiger partial charge in [-0.1, -0.05) is 140 Å². The molecule has 3 heterocycles. The van der Waals surface area contributed by atoms with Gasteiger partial charge in [0.05, 0.1) is 33.8 Å². The van der Waals surface area contributed by atoms with Gasteiger partial charge in [0.25, 0.3) is 0 Å². The number of para-hydroxylation sites is 4. The number of ether oxygens (including phenoxy) is 1. The normalized spacial score (nSPS) is 13.7. The SMILES string of the molecule is C=C/C(=C\C=C\c1cc(-c2cccc(-n3c4ccc5ccccc5c4c4cccc(-c5ccc6c(c5)N(c5ccccc5)c5ccccc5O6)c43)c2)ncn1)C1=CCCC=C1. The third kappa shape index (κ3) is 6.44. The summed E-state index contributed by atoms with van der Waals surface area (Å²) in [6.07, 6.45) is 18.5. The molecule has 5 nitrogen and oxygen atoms in total. The van der Waals surface area contributed by atoms with Crippen LogP contribution in [0.4, 0.5) is 17.1 Å². The maximum absolute atomic E-state index is 6.55. The molecule has 0 unspecified atom stereocenters. The van der Waals surface area contributed by atoms with Gasteiger partial charge in [-0.25, -0.2) is 9.97 Å². The van der Waals surface area contributed by atoms with E-state index in [0.29, 0.717) is 0 Å². The van der Waals surface area contributed by atoms with E-state index in [1.54, 1.807) is 6.33 Å². The van der Waals surface area contributed by atoms with Gasteiger partial charge in [0.15, 0.2) is 11.5 Å². The molecule has 0 radical (unpaired) electrons. The summed E-state index contributed by atoms with van der Waals surface area (Å²) in [5.41, 5.74) is 13.6. The minimum absolute atomic E-state index is 0.813. The summed E-state index contributed by atoms with van der Waals surface area (Å²) in [6.45, 7) is 4.05. The highest BCUT2D eigenvalue weighted by molar-refractivity contribution is 6.23. The highest BCUT2D eigenvalue weighted by Crippen LogP contribution is 2.52. The van der Waals surface area contributed by atoms with Gasteiger partial charge in [0, 0.05) is 33.3 Å². The number of anilines is 3. The van der Waals surface area contributed by atoms with E-state index < -0.39 is 0 Å². The molecular weight excluding hydrogens is 745 g/mol. The molecule has 0 fully saturated rings. The van der Waals surface area contributed by atoms with Crippen LogP contribution in [0.5, 0.6) is 11.5 Å². The molecule has 0 N–H and O–H groups in total. The Labute approximate surface area is 354 Å². The zero-order chi connectivity index (χ0) is 40.7. The molecule has 5 heteroatoms. The third-order valence-corrected chi connectivity index (χ3v) is 11.7. The molecule has 0 saturated carbocycles. The lowest BCUT2D eigenvalue weighted by atomic mass is 9.98. The van der Waals surface area contributed by atoms with E-state index in [9.17, 15) is 0 Å². The maximum Gasteiger partial charge on any atom is 0.151 e. The number of hydrogen-bond donors (Lipinski definition) is 0. The van der Waals surface area contributed by atoms with Gasteiger partial charge in [-0.05, 0) is 107 Å². The molecule has 1 aliphatic carbocycles. The van der Waals surface area contributed by atoms with Crippen LogP contribution < -0.4 is 9.64 Å². The number of benzene rings is 7. The van der Waals surface area contributed by atoms with Crippen molar-refractivity contribution in [1.82, 2.24) is 14.5 Å². The number of hydrogen-bond acceptors (Lipinski definition) is 4. The van der Waals surface area contributed by atoms with Crippen LogP contribution >= 0.6 is 0 Å². The first kappa shape index (κ1) is 36.1. The average molecular weight is 785 g/mol. The zero-order valence-electron chi connectivity index (χ0n) is 33.4. The van der Waals surface area contributed by atoms with E-state index >= 15 is 0 Å². The molecule has 61 heavy (non-hydrogen) atoms. The molecule has 1 aliphatic heterocycles. The fraction of sp³-hybridized carbons (Fsp3) is 0.0357. The number of rotatable bonds is 8. The van der Waals surface area contributed by atoms with Crippen LogP contribution in [0.2, 0.25) is 0 Å². The second-order valence-corrected chi connectivity index (χ2v) is 15.3. The molecule has 2 aliphatic rings. The van der Waals surface area contributed by atoms with Crippen molar-refractivity contribution >= 4 is 55.7 Å². The van der Waals surface area contributed by atoms with Crippen LogP contribution in [-0.4, -0.2) is 14.5 Å². The van der Waals surface area contributed by atoms with Crippen molar-refractivity contribution in [2.24, 2.45) is 0 Å². The molecule has 11 rings (SSSR count). The van der Waals surface area contributed by atoms with E-state index in [-0.39, 0.29) is 0 Å². The topological polar surface area (TPSA) is 43.2 Å².